The molecule has 0 radical (unpaired) electrons. The molecule has 1 saturated heterocycles. The molecule has 7 nitrogen and oxygen atoms in total. The van der Waals surface area contributed by atoms with Gasteiger partial charge in [0.1, 0.15) is 11.9 Å². The van der Waals surface area contributed by atoms with Gasteiger partial charge < -0.3 is 5.32 Å². The van der Waals surface area contributed by atoms with Crippen LogP contribution in [0.25, 0.3) is 0 Å². The Morgan fingerprint density at radius 1 is 1.65 bits per heavy atom. The minimum absolute atomic E-state index is 0.322. The molecule has 1 aromatic heterocycles. The van der Waals surface area contributed by atoms with Crippen LogP contribution in [0.1, 0.15) is 12.8 Å². The lowest BCUT2D eigenvalue weighted by Gasteiger charge is -2.20. The minimum Gasteiger partial charge on any atom is -0.310 e. The zero-order valence-corrected chi connectivity index (χ0v) is 10.2. The Morgan fingerprint density at radius 3 is 3.00 bits per heavy atom. The Bertz CT molecular complexity index is 496. The Balaban J connectivity index is 2.09. The zero-order chi connectivity index (χ0) is 12.5. The van der Waals surface area contributed by atoms with Gasteiger partial charge in [0.15, 0.2) is 0 Å². The highest BCUT2D eigenvalue weighted by atomic mass is 32.2. The summed E-state index contributed by atoms with van der Waals surface area (Å²) in [6, 6.07) is 0.991. The summed E-state index contributed by atoms with van der Waals surface area (Å²) in [4.78, 5) is 11.9. The van der Waals surface area contributed by atoms with Crippen molar-refractivity contribution in [3.63, 3.8) is 0 Å². The van der Waals surface area contributed by atoms with Crippen LogP contribution in [0.5, 0.6) is 0 Å². The van der Waals surface area contributed by atoms with Crippen LogP contribution in [0.15, 0.2) is 12.3 Å². The van der Waals surface area contributed by atoms with E-state index < -0.39 is 16.1 Å². The standard InChI is InChI=1S/C9H14N4O3S/c1-17(15,16)13-6-2-3-7(13)9(14)11-8-4-5-10-12-8/h4-5,7H,2-3,6H2,1H3,(H2,10,11,12,14). The molecule has 8 heteroatoms. The first-order valence-electron chi connectivity index (χ1n) is 5.25. The van der Waals surface area contributed by atoms with Gasteiger partial charge in [-0.15, -0.1) is 0 Å². The van der Waals surface area contributed by atoms with E-state index in [1.165, 1.54) is 10.5 Å². The van der Waals surface area contributed by atoms with Gasteiger partial charge in [-0.05, 0) is 12.8 Å². The molecule has 1 unspecified atom stereocenters. The number of nitrogens with one attached hydrogen (secondary N) is 2. The van der Waals surface area contributed by atoms with Crippen molar-refractivity contribution in [2.45, 2.75) is 18.9 Å². The number of anilines is 1. The molecule has 17 heavy (non-hydrogen) atoms. The summed E-state index contributed by atoms with van der Waals surface area (Å²) in [7, 11) is -3.33. The molecule has 2 heterocycles. The van der Waals surface area contributed by atoms with Crippen LogP contribution in [-0.4, -0.2) is 47.7 Å². The Labute approximate surface area is 99.2 Å². The van der Waals surface area contributed by atoms with Gasteiger partial charge in [-0.1, -0.05) is 0 Å². The van der Waals surface area contributed by atoms with E-state index in [4.69, 9.17) is 0 Å². The number of hydrogen-bond donors (Lipinski definition) is 2. The lowest BCUT2D eigenvalue weighted by Crippen LogP contribution is -2.42. The zero-order valence-electron chi connectivity index (χ0n) is 9.38. The van der Waals surface area contributed by atoms with Gasteiger partial charge in [0.2, 0.25) is 15.9 Å². The molecule has 1 aliphatic heterocycles. The lowest BCUT2D eigenvalue weighted by atomic mass is 10.2. The SMILES string of the molecule is CS(=O)(=O)N1CCCC1C(=O)Nc1ccn[nH]1. The van der Waals surface area contributed by atoms with Crippen LogP contribution in [-0.2, 0) is 14.8 Å². The Kier molecular flexibility index (Phi) is 3.16. The maximum atomic E-state index is 11.9. The minimum atomic E-state index is -3.33. The van der Waals surface area contributed by atoms with Gasteiger partial charge in [0.05, 0.1) is 12.5 Å². The van der Waals surface area contributed by atoms with E-state index in [1.54, 1.807) is 6.07 Å². The first-order valence-corrected chi connectivity index (χ1v) is 7.10. The first kappa shape index (κ1) is 12.1. The third kappa shape index (κ3) is 2.64. The molecule has 0 spiro atoms. The second-order valence-corrected chi connectivity index (χ2v) is 5.93. The van der Waals surface area contributed by atoms with Gasteiger partial charge in [0.25, 0.3) is 0 Å². The van der Waals surface area contributed by atoms with Crippen molar-refractivity contribution >= 4 is 21.7 Å². The van der Waals surface area contributed by atoms with Crippen LogP contribution in [0, 0.1) is 0 Å². The topological polar surface area (TPSA) is 95.2 Å². The van der Waals surface area contributed by atoms with Gasteiger partial charge in [-0.25, -0.2) is 8.42 Å². The van der Waals surface area contributed by atoms with Crippen molar-refractivity contribution in [1.29, 1.82) is 0 Å². The number of amides is 1. The number of carbonyl (C=O) groups is 1. The predicted molar refractivity (Wildman–Crippen MR) is 61.8 cm³/mol. The molecule has 0 aliphatic carbocycles. The van der Waals surface area contributed by atoms with Crippen LogP contribution in [0.4, 0.5) is 5.82 Å². The summed E-state index contributed by atoms with van der Waals surface area (Å²) >= 11 is 0. The number of aromatic amines is 1. The molecule has 1 amide bonds. The number of hydrogen-bond acceptors (Lipinski definition) is 4. The van der Waals surface area contributed by atoms with Crippen LogP contribution in [0.2, 0.25) is 0 Å². The Hall–Kier alpha value is -1.41. The molecule has 0 saturated carbocycles. The molecule has 1 fully saturated rings. The fraction of sp³-hybridized carbons (Fsp3) is 0.556. The quantitative estimate of drug-likeness (QED) is 0.783. The molecular weight excluding hydrogens is 244 g/mol. The van der Waals surface area contributed by atoms with Crippen molar-refractivity contribution in [3.05, 3.63) is 12.3 Å². The van der Waals surface area contributed by atoms with Gasteiger partial charge in [-0.3, -0.25) is 9.89 Å². The largest absolute Gasteiger partial charge is 0.310 e. The summed E-state index contributed by atoms with van der Waals surface area (Å²) < 4.78 is 24.2. The van der Waals surface area contributed by atoms with Crippen LogP contribution < -0.4 is 5.32 Å². The molecule has 0 bridgehead atoms. The van der Waals surface area contributed by atoms with E-state index in [0.717, 1.165) is 6.26 Å². The third-order valence-electron chi connectivity index (χ3n) is 2.69. The molecule has 94 valence electrons. The summed E-state index contributed by atoms with van der Waals surface area (Å²) in [5, 5.41) is 8.90. The summed E-state index contributed by atoms with van der Waals surface area (Å²) in [6.07, 6.45) is 3.88. The number of aromatic nitrogens is 2. The second kappa shape index (κ2) is 4.46. The van der Waals surface area contributed by atoms with E-state index in [0.29, 0.717) is 25.2 Å². The molecule has 2 N–H and O–H groups in total. The van der Waals surface area contributed by atoms with Crippen molar-refractivity contribution in [1.82, 2.24) is 14.5 Å². The summed E-state index contributed by atoms with van der Waals surface area (Å²) in [5.41, 5.74) is 0. The third-order valence-corrected chi connectivity index (χ3v) is 3.98. The average molecular weight is 258 g/mol. The van der Waals surface area contributed by atoms with E-state index in [-0.39, 0.29) is 5.91 Å². The number of carbonyl (C=O) groups excluding carboxylic acids is 1. The van der Waals surface area contributed by atoms with Crippen molar-refractivity contribution in [2.24, 2.45) is 0 Å². The molecule has 1 aromatic rings. The summed E-state index contributed by atoms with van der Waals surface area (Å²) in [6.45, 7) is 0.403. The maximum absolute atomic E-state index is 11.9. The molecular formula is C9H14N4O3S. The second-order valence-electron chi connectivity index (χ2n) is 3.99. The van der Waals surface area contributed by atoms with Crippen LogP contribution >= 0.6 is 0 Å². The monoisotopic (exact) mass is 258 g/mol. The van der Waals surface area contributed by atoms with E-state index >= 15 is 0 Å². The van der Waals surface area contributed by atoms with Crippen molar-refractivity contribution in [2.75, 3.05) is 18.1 Å². The first-order chi connectivity index (χ1) is 7.98. The molecule has 1 aliphatic rings. The average Bonchev–Trinajstić information content (AvgIpc) is 2.85. The lowest BCUT2D eigenvalue weighted by molar-refractivity contribution is -0.119. The fourth-order valence-electron chi connectivity index (χ4n) is 1.94. The Morgan fingerprint density at radius 2 is 2.41 bits per heavy atom. The van der Waals surface area contributed by atoms with E-state index in [1.807, 2.05) is 0 Å². The summed E-state index contributed by atoms with van der Waals surface area (Å²) in [5.74, 6) is 0.146. The van der Waals surface area contributed by atoms with Crippen LogP contribution in [0.3, 0.4) is 0 Å². The van der Waals surface area contributed by atoms with Gasteiger partial charge in [0, 0.05) is 12.6 Å². The maximum Gasteiger partial charge on any atom is 0.243 e. The highest BCUT2D eigenvalue weighted by molar-refractivity contribution is 7.88. The molecule has 0 aromatic carbocycles. The number of sulfonamides is 1. The van der Waals surface area contributed by atoms with Gasteiger partial charge in [-0.2, -0.15) is 9.40 Å². The highest BCUT2D eigenvalue weighted by Gasteiger charge is 2.36. The number of nitrogens with zero attached hydrogens (tertiary/aromatic N) is 2. The predicted octanol–water partition coefficient (Wildman–Crippen LogP) is -0.228. The van der Waals surface area contributed by atoms with E-state index in [9.17, 15) is 13.2 Å². The van der Waals surface area contributed by atoms with Crippen molar-refractivity contribution in [3.8, 4) is 0 Å². The normalized spacial score (nSPS) is 21.6. The molecule has 2 rings (SSSR count). The number of rotatable bonds is 3. The fourth-order valence-corrected chi connectivity index (χ4v) is 3.06. The molecule has 1 atom stereocenters. The van der Waals surface area contributed by atoms with Gasteiger partial charge >= 0.3 is 0 Å². The smallest absolute Gasteiger partial charge is 0.243 e. The number of H-pyrrole nitrogens is 1. The highest BCUT2D eigenvalue weighted by Crippen LogP contribution is 2.21. The van der Waals surface area contributed by atoms with E-state index in [2.05, 4.69) is 15.5 Å². The van der Waals surface area contributed by atoms with Crippen molar-refractivity contribution < 1.29 is 13.2 Å².